The van der Waals surface area contributed by atoms with Gasteiger partial charge in [-0.1, -0.05) is 105 Å². The van der Waals surface area contributed by atoms with Gasteiger partial charge >= 0.3 is 0 Å². The fourth-order valence-electron chi connectivity index (χ4n) is 11.1. The number of guanidine groups is 1. The molecule has 0 saturated heterocycles. The second kappa shape index (κ2) is 20.2. The average Bonchev–Trinajstić information content (AvgIpc) is 3.42. The molecule has 3 fully saturated rings. The Kier molecular flexibility index (Phi) is 16.8. The van der Waals surface area contributed by atoms with E-state index in [9.17, 15) is 0 Å². The van der Waals surface area contributed by atoms with Crippen LogP contribution in [0.1, 0.15) is 164 Å². The lowest BCUT2D eigenvalue weighted by atomic mass is 9.47. The van der Waals surface area contributed by atoms with Crippen LogP contribution in [0.2, 0.25) is 0 Å². The molecule has 0 aromatic heterocycles. The first-order chi connectivity index (χ1) is 23.6. The molecule has 0 aromatic carbocycles. The molecule has 4 aliphatic carbocycles. The fourth-order valence-corrected chi connectivity index (χ4v) is 11.1. The third-order valence-electron chi connectivity index (χ3n) is 13.9. The molecule has 0 spiro atoms. The van der Waals surface area contributed by atoms with Gasteiger partial charge in [0.1, 0.15) is 0 Å². The molecule has 4 aliphatic rings. The van der Waals surface area contributed by atoms with Crippen molar-refractivity contribution in [1.82, 2.24) is 5.32 Å². The molecule has 0 aliphatic heterocycles. The van der Waals surface area contributed by atoms with Crippen LogP contribution in [0.15, 0.2) is 11.6 Å². The summed E-state index contributed by atoms with van der Waals surface area (Å²) in [6.07, 6.45) is 27.7. The average molecular weight is 686 g/mol. The number of rotatable bonds is 23. The van der Waals surface area contributed by atoms with Gasteiger partial charge in [-0.3, -0.25) is 5.41 Å². The molecule has 0 heterocycles. The molecule has 49 heavy (non-hydrogen) atoms. The highest BCUT2D eigenvalue weighted by Gasteiger charge is 2.59. The number of fused-ring (bicyclic) bond motifs is 5. The highest BCUT2D eigenvalue weighted by molar-refractivity contribution is 5.74. The topological polar surface area (TPSA) is 89.6 Å². The maximum Gasteiger partial charge on any atom is 0.186 e. The second-order valence-corrected chi connectivity index (χ2v) is 17.9. The predicted octanol–water partition coefficient (Wildman–Crippen LogP) is 10.4. The quantitative estimate of drug-likeness (QED) is 0.0431. The summed E-state index contributed by atoms with van der Waals surface area (Å²) in [6, 6.07) is -0.0788. The van der Waals surface area contributed by atoms with E-state index in [0.717, 1.165) is 74.4 Å². The molecule has 0 bridgehead atoms. The van der Waals surface area contributed by atoms with Crippen LogP contribution in [0.5, 0.6) is 0 Å². The van der Waals surface area contributed by atoms with E-state index in [1.54, 1.807) is 5.57 Å². The summed E-state index contributed by atoms with van der Waals surface area (Å²) >= 11 is 0. The predicted molar refractivity (Wildman–Crippen MR) is 206 cm³/mol. The van der Waals surface area contributed by atoms with Gasteiger partial charge in [0, 0.05) is 19.8 Å². The van der Waals surface area contributed by atoms with Gasteiger partial charge in [0.05, 0.1) is 25.4 Å². The Labute approximate surface area is 302 Å². The third-order valence-corrected chi connectivity index (χ3v) is 13.9. The van der Waals surface area contributed by atoms with Crippen LogP contribution < -0.4 is 11.1 Å². The van der Waals surface area contributed by atoms with Gasteiger partial charge in [0.2, 0.25) is 0 Å². The highest BCUT2D eigenvalue weighted by Crippen LogP contribution is 2.67. The smallest absolute Gasteiger partial charge is 0.186 e. The van der Waals surface area contributed by atoms with Gasteiger partial charge in [-0.2, -0.15) is 0 Å². The van der Waals surface area contributed by atoms with Crippen molar-refractivity contribution in [3.8, 4) is 0 Å². The van der Waals surface area contributed by atoms with Gasteiger partial charge in [-0.15, -0.1) is 0 Å². The van der Waals surface area contributed by atoms with Crippen molar-refractivity contribution in [3.63, 3.8) is 0 Å². The molecule has 3 saturated carbocycles. The molecule has 9 atom stereocenters. The molecule has 6 heteroatoms. The lowest BCUT2D eigenvalue weighted by Gasteiger charge is -2.58. The number of hydrogen-bond acceptors (Lipinski definition) is 4. The Morgan fingerprint density at radius 3 is 2.27 bits per heavy atom. The Morgan fingerprint density at radius 1 is 0.857 bits per heavy atom. The first-order valence-corrected chi connectivity index (χ1v) is 21.2. The zero-order chi connectivity index (χ0) is 35.3. The standard InChI is InChI=1S/C43H79N3O3/c1-7-8-9-10-11-12-26-47-30-35(46-41(44)45)31-48-27-13-14-28-49-36-22-24-42(5)34(29-36)18-19-37-39-21-20-38(33(4)17-15-16-32(2)3)43(39,6)25-23-40(37)42/h18,32-33,35-40H,7-17,19-31H2,1-6H3,(H4,44,45,46)/t33-,35-,36+,37?,38-,39?,40?,42+,43-/m1/s1. The molecule has 0 amide bonds. The van der Waals surface area contributed by atoms with Crippen LogP contribution in [0.3, 0.4) is 0 Å². The van der Waals surface area contributed by atoms with Crippen molar-refractivity contribution in [2.45, 2.75) is 176 Å². The summed E-state index contributed by atoms with van der Waals surface area (Å²) in [6.45, 7) is 18.3. The molecule has 4 rings (SSSR count). The Balaban J connectivity index is 1.13. The van der Waals surface area contributed by atoms with Crippen molar-refractivity contribution in [2.24, 2.45) is 52.1 Å². The van der Waals surface area contributed by atoms with E-state index in [1.807, 2.05) is 0 Å². The number of nitrogens with one attached hydrogen (secondary N) is 2. The Bertz CT molecular complexity index is 1000. The number of allylic oxidation sites excluding steroid dienone is 1. The van der Waals surface area contributed by atoms with Gasteiger partial charge in [0.15, 0.2) is 5.96 Å². The molecule has 284 valence electrons. The normalized spacial score (nSPS) is 32.2. The van der Waals surface area contributed by atoms with Crippen LogP contribution in [0.25, 0.3) is 0 Å². The van der Waals surface area contributed by atoms with E-state index in [0.29, 0.717) is 36.8 Å². The summed E-state index contributed by atoms with van der Waals surface area (Å²) in [4.78, 5) is 0. The van der Waals surface area contributed by atoms with E-state index in [4.69, 9.17) is 25.4 Å². The van der Waals surface area contributed by atoms with E-state index in [-0.39, 0.29) is 12.0 Å². The Morgan fingerprint density at radius 2 is 1.55 bits per heavy atom. The lowest BCUT2D eigenvalue weighted by molar-refractivity contribution is -0.0643. The van der Waals surface area contributed by atoms with Crippen molar-refractivity contribution in [3.05, 3.63) is 11.6 Å². The van der Waals surface area contributed by atoms with Gasteiger partial charge in [-0.25, -0.2) is 0 Å². The van der Waals surface area contributed by atoms with Crippen LogP contribution >= 0.6 is 0 Å². The zero-order valence-corrected chi connectivity index (χ0v) is 33.0. The Hall–Kier alpha value is -1.11. The van der Waals surface area contributed by atoms with Crippen molar-refractivity contribution >= 4 is 5.96 Å². The SMILES string of the molecule is CCCCCCCCOC[C@H](COCCCCO[C@H]1CC[C@@]2(C)C(=CCC3C2CC[C@@]2(C)C3CC[C@@H]2[C@H](C)CCCC(C)C)C1)NC(=N)N. The first-order valence-electron chi connectivity index (χ1n) is 21.2. The molecular weight excluding hydrogens is 606 g/mol. The second-order valence-electron chi connectivity index (χ2n) is 17.9. The molecule has 0 aromatic rings. The minimum atomic E-state index is -0.0788. The summed E-state index contributed by atoms with van der Waals surface area (Å²) < 4.78 is 18.3. The molecule has 3 unspecified atom stereocenters. The minimum absolute atomic E-state index is 0.0241. The van der Waals surface area contributed by atoms with Gasteiger partial charge < -0.3 is 25.3 Å². The van der Waals surface area contributed by atoms with Crippen molar-refractivity contribution in [2.75, 3.05) is 33.0 Å². The van der Waals surface area contributed by atoms with Crippen molar-refractivity contribution < 1.29 is 14.2 Å². The molecule has 6 nitrogen and oxygen atoms in total. The van der Waals surface area contributed by atoms with E-state index >= 15 is 0 Å². The number of unbranched alkanes of at least 4 members (excludes halogenated alkanes) is 6. The van der Waals surface area contributed by atoms with E-state index < -0.39 is 0 Å². The third kappa shape index (κ3) is 11.4. The largest absolute Gasteiger partial charge is 0.379 e. The van der Waals surface area contributed by atoms with E-state index in [1.165, 1.54) is 96.3 Å². The number of ether oxygens (including phenoxy) is 3. The minimum Gasteiger partial charge on any atom is -0.379 e. The number of nitrogens with two attached hydrogens (primary N) is 1. The van der Waals surface area contributed by atoms with Gasteiger partial charge in [-0.05, 0) is 117 Å². The molecule has 4 N–H and O–H groups in total. The maximum absolute atomic E-state index is 7.64. The van der Waals surface area contributed by atoms with Crippen LogP contribution in [-0.2, 0) is 14.2 Å². The van der Waals surface area contributed by atoms with Crippen molar-refractivity contribution in [1.29, 1.82) is 5.41 Å². The monoisotopic (exact) mass is 686 g/mol. The summed E-state index contributed by atoms with van der Waals surface area (Å²) in [5, 5.41) is 10.6. The van der Waals surface area contributed by atoms with Gasteiger partial charge in [0.25, 0.3) is 0 Å². The zero-order valence-electron chi connectivity index (χ0n) is 33.0. The van der Waals surface area contributed by atoms with E-state index in [2.05, 4.69) is 52.9 Å². The summed E-state index contributed by atoms with van der Waals surface area (Å²) in [5.41, 5.74) is 8.30. The highest BCUT2D eigenvalue weighted by atomic mass is 16.5. The first kappa shape index (κ1) is 40.7. The molecular formula is C43H79N3O3. The number of hydrogen-bond donors (Lipinski definition) is 3. The fraction of sp³-hybridized carbons (Fsp3) is 0.930. The van der Waals surface area contributed by atoms with Crippen LogP contribution in [-0.4, -0.2) is 51.1 Å². The summed E-state index contributed by atoms with van der Waals surface area (Å²) in [7, 11) is 0. The summed E-state index contributed by atoms with van der Waals surface area (Å²) in [5.74, 6) is 5.34. The molecule has 0 radical (unpaired) electrons. The van der Waals surface area contributed by atoms with Crippen LogP contribution in [0, 0.1) is 51.7 Å². The maximum atomic E-state index is 7.64. The van der Waals surface area contributed by atoms with Crippen LogP contribution in [0.4, 0.5) is 0 Å². The lowest BCUT2D eigenvalue weighted by Crippen LogP contribution is -2.51.